The lowest BCUT2D eigenvalue weighted by atomic mass is 9.99. The maximum atomic E-state index is 12.2. The maximum Gasteiger partial charge on any atom is 0.311 e. The fourth-order valence-corrected chi connectivity index (χ4v) is 3.13. The zero-order valence-corrected chi connectivity index (χ0v) is 16.3. The number of nitrogens with one attached hydrogen (secondary N) is 1. The standard InChI is InChI=1S/C20H27NO5/c1-7-9-14(22)26-17-13-11-10-12(8-2)16(21-3)15(13)18(23-4)20(25-6)19(17)24-5/h10-11,21H,7-9H2,1-6H3. The number of hydrogen-bond acceptors (Lipinski definition) is 6. The van der Waals surface area contributed by atoms with Gasteiger partial charge in [-0.25, -0.2) is 0 Å². The van der Waals surface area contributed by atoms with E-state index in [1.807, 2.05) is 26.1 Å². The molecule has 6 nitrogen and oxygen atoms in total. The predicted molar refractivity (Wildman–Crippen MR) is 103 cm³/mol. The van der Waals surface area contributed by atoms with Crippen molar-refractivity contribution in [2.45, 2.75) is 33.1 Å². The molecule has 0 fully saturated rings. The lowest BCUT2D eigenvalue weighted by Gasteiger charge is -2.21. The molecule has 0 unspecified atom stereocenters. The van der Waals surface area contributed by atoms with Gasteiger partial charge in [0.05, 0.1) is 26.7 Å². The molecule has 0 aliphatic heterocycles. The number of aryl methyl sites for hydroxylation is 1. The van der Waals surface area contributed by atoms with Crippen LogP contribution in [0.5, 0.6) is 23.0 Å². The normalized spacial score (nSPS) is 10.5. The molecular weight excluding hydrogens is 334 g/mol. The van der Waals surface area contributed by atoms with Gasteiger partial charge in [0.25, 0.3) is 0 Å². The molecule has 0 spiro atoms. The molecular formula is C20H27NO5. The first-order valence-corrected chi connectivity index (χ1v) is 8.73. The summed E-state index contributed by atoms with van der Waals surface area (Å²) < 4.78 is 22.4. The van der Waals surface area contributed by atoms with Gasteiger partial charge in [0.1, 0.15) is 0 Å². The molecule has 2 rings (SSSR count). The number of benzene rings is 2. The molecule has 0 heterocycles. The van der Waals surface area contributed by atoms with Crippen LogP contribution in [-0.2, 0) is 11.2 Å². The predicted octanol–water partition coefficient (Wildman–Crippen LogP) is 4.18. The van der Waals surface area contributed by atoms with Crippen LogP contribution in [0.2, 0.25) is 0 Å². The quantitative estimate of drug-likeness (QED) is 0.562. The van der Waals surface area contributed by atoms with Crippen molar-refractivity contribution < 1.29 is 23.7 Å². The van der Waals surface area contributed by atoms with Crippen molar-refractivity contribution in [1.29, 1.82) is 0 Å². The van der Waals surface area contributed by atoms with Gasteiger partial charge >= 0.3 is 5.97 Å². The number of methoxy groups -OCH3 is 3. The van der Waals surface area contributed by atoms with E-state index in [1.165, 1.54) is 14.2 Å². The van der Waals surface area contributed by atoms with Crippen LogP contribution < -0.4 is 24.3 Å². The third kappa shape index (κ3) is 3.36. The van der Waals surface area contributed by atoms with Crippen molar-refractivity contribution in [2.24, 2.45) is 0 Å². The van der Waals surface area contributed by atoms with E-state index in [0.717, 1.165) is 28.4 Å². The summed E-state index contributed by atoms with van der Waals surface area (Å²) in [6.07, 6.45) is 1.87. The minimum absolute atomic E-state index is 0.315. The first kappa shape index (κ1) is 19.7. The minimum Gasteiger partial charge on any atom is -0.492 e. The number of carbonyl (C=O) groups is 1. The van der Waals surface area contributed by atoms with Gasteiger partial charge in [0, 0.05) is 24.5 Å². The second-order valence-electron chi connectivity index (χ2n) is 5.78. The number of anilines is 1. The van der Waals surface area contributed by atoms with E-state index >= 15 is 0 Å². The van der Waals surface area contributed by atoms with Crippen molar-refractivity contribution in [3.63, 3.8) is 0 Å². The van der Waals surface area contributed by atoms with E-state index in [2.05, 4.69) is 12.2 Å². The Kier molecular flexibility index (Phi) is 6.55. The average molecular weight is 361 g/mol. The molecule has 0 saturated heterocycles. The van der Waals surface area contributed by atoms with Crippen LogP contribution in [0.3, 0.4) is 0 Å². The zero-order valence-electron chi connectivity index (χ0n) is 16.3. The molecule has 0 aliphatic rings. The Bertz CT molecular complexity index is 801. The Labute approximate surface area is 154 Å². The van der Waals surface area contributed by atoms with Gasteiger partial charge in [0.15, 0.2) is 11.5 Å². The SMILES string of the molecule is CCCC(=O)Oc1c(OC)c(OC)c(OC)c2c(NC)c(CC)ccc12. The third-order valence-electron chi connectivity index (χ3n) is 4.30. The summed E-state index contributed by atoms with van der Waals surface area (Å²) in [7, 11) is 6.48. The van der Waals surface area contributed by atoms with Gasteiger partial charge < -0.3 is 24.3 Å². The second kappa shape index (κ2) is 8.65. The first-order valence-electron chi connectivity index (χ1n) is 8.73. The number of rotatable bonds is 8. The summed E-state index contributed by atoms with van der Waals surface area (Å²) >= 11 is 0. The molecule has 2 aromatic carbocycles. The van der Waals surface area contributed by atoms with Crippen LogP contribution in [0.4, 0.5) is 5.69 Å². The molecule has 26 heavy (non-hydrogen) atoms. The fourth-order valence-electron chi connectivity index (χ4n) is 3.13. The number of ether oxygens (including phenoxy) is 4. The van der Waals surface area contributed by atoms with E-state index in [-0.39, 0.29) is 5.97 Å². The number of hydrogen-bond donors (Lipinski definition) is 1. The van der Waals surface area contributed by atoms with E-state index in [9.17, 15) is 4.79 Å². The second-order valence-corrected chi connectivity index (χ2v) is 5.78. The van der Waals surface area contributed by atoms with Crippen molar-refractivity contribution >= 4 is 22.4 Å². The van der Waals surface area contributed by atoms with Crippen molar-refractivity contribution in [2.75, 3.05) is 33.7 Å². The summed E-state index contributed by atoms with van der Waals surface area (Å²) in [5, 5.41) is 4.77. The van der Waals surface area contributed by atoms with Gasteiger partial charge in [-0.1, -0.05) is 19.9 Å². The van der Waals surface area contributed by atoms with Crippen LogP contribution in [0.1, 0.15) is 32.3 Å². The van der Waals surface area contributed by atoms with E-state index in [4.69, 9.17) is 18.9 Å². The third-order valence-corrected chi connectivity index (χ3v) is 4.30. The lowest BCUT2D eigenvalue weighted by molar-refractivity contribution is -0.134. The number of esters is 1. The molecule has 1 N–H and O–H groups in total. The van der Waals surface area contributed by atoms with E-state index in [0.29, 0.717) is 35.8 Å². The Morgan fingerprint density at radius 1 is 0.962 bits per heavy atom. The molecule has 0 bridgehead atoms. The summed E-state index contributed by atoms with van der Waals surface area (Å²) in [6, 6.07) is 3.94. The Morgan fingerprint density at radius 2 is 1.58 bits per heavy atom. The van der Waals surface area contributed by atoms with Gasteiger partial charge in [-0.05, 0) is 24.5 Å². The monoisotopic (exact) mass is 361 g/mol. The number of carbonyl (C=O) groups excluding carboxylic acids is 1. The molecule has 0 atom stereocenters. The highest BCUT2D eigenvalue weighted by atomic mass is 16.6. The highest BCUT2D eigenvalue weighted by molar-refractivity contribution is 6.07. The van der Waals surface area contributed by atoms with Crippen molar-refractivity contribution in [3.05, 3.63) is 17.7 Å². The average Bonchev–Trinajstić information content (AvgIpc) is 2.66. The molecule has 6 heteroatoms. The highest BCUT2D eigenvalue weighted by Crippen LogP contribution is 2.53. The van der Waals surface area contributed by atoms with Crippen LogP contribution in [-0.4, -0.2) is 34.3 Å². The van der Waals surface area contributed by atoms with Crippen molar-refractivity contribution in [1.82, 2.24) is 0 Å². The lowest BCUT2D eigenvalue weighted by Crippen LogP contribution is -2.10. The minimum atomic E-state index is -0.315. The van der Waals surface area contributed by atoms with Crippen LogP contribution in [0.25, 0.3) is 10.8 Å². The van der Waals surface area contributed by atoms with Crippen LogP contribution in [0, 0.1) is 0 Å². The summed E-state index contributed by atoms with van der Waals surface area (Å²) in [6.45, 7) is 4.01. The molecule has 2 aromatic rings. The smallest absolute Gasteiger partial charge is 0.311 e. The summed E-state index contributed by atoms with van der Waals surface area (Å²) in [5.74, 6) is 1.30. The molecule has 0 amide bonds. The molecule has 0 saturated carbocycles. The molecule has 0 aromatic heterocycles. The van der Waals surface area contributed by atoms with Gasteiger partial charge in [0.2, 0.25) is 11.5 Å². The Morgan fingerprint density at radius 3 is 2.08 bits per heavy atom. The van der Waals surface area contributed by atoms with E-state index in [1.54, 1.807) is 7.11 Å². The number of fused-ring (bicyclic) bond motifs is 1. The first-order chi connectivity index (χ1) is 12.6. The fraction of sp³-hybridized carbons (Fsp3) is 0.450. The highest BCUT2D eigenvalue weighted by Gasteiger charge is 2.27. The van der Waals surface area contributed by atoms with Crippen molar-refractivity contribution in [3.8, 4) is 23.0 Å². The van der Waals surface area contributed by atoms with Gasteiger partial charge in [-0.3, -0.25) is 4.79 Å². The molecule has 0 radical (unpaired) electrons. The van der Waals surface area contributed by atoms with Gasteiger partial charge in [-0.2, -0.15) is 0 Å². The largest absolute Gasteiger partial charge is 0.492 e. The summed E-state index contributed by atoms with van der Waals surface area (Å²) in [4.78, 5) is 12.2. The summed E-state index contributed by atoms with van der Waals surface area (Å²) in [5.41, 5.74) is 2.03. The zero-order chi connectivity index (χ0) is 19.3. The van der Waals surface area contributed by atoms with Crippen LogP contribution >= 0.6 is 0 Å². The molecule has 0 aliphatic carbocycles. The Balaban J connectivity index is 2.93. The van der Waals surface area contributed by atoms with E-state index < -0.39 is 0 Å². The van der Waals surface area contributed by atoms with Gasteiger partial charge in [-0.15, -0.1) is 0 Å². The molecule has 142 valence electrons. The van der Waals surface area contributed by atoms with Crippen LogP contribution in [0.15, 0.2) is 12.1 Å². The Hall–Kier alpha value is -2.63. The maximum absolute atomic E-state index is 12.2. The topological polar surface area (TPSA) is 66.0 Å².